The van der Waals surface area contributed by atoms with E-state index in [0.29, 0.717) is 12.5 Å². The average molecular weight is 303 g/mol. The summed E-state index contributed by atoms with van der Waals surface area (Å²) in [4.78, 5) is 4.67. The van der Waals surface area contributed by atoms with Crippen molar-refractivity contribution < 1.29 is 5.11 Å². The monoisotopic (exact) mass is 303 g/mol. The lowest BCUT2D eigenvalue weighted by Gasteiger charge is -2.13. The number of aliphatic hydroxyl groups is 1. The predicted molar refractivity (Wildman–Crippen MR) is 86.4 cm³/mol. The SMILES string of the molecule is Cc1ccc(-c2nc(CNCC3CNCC3O)cs2)cc1. The molecule has 112 valence electrons. The van der Waals surface area contributed by atoms with Crippen molar-refractivity contribution in [3.63, 3.8) is 0 Å². The van der Waals surface area contributed by atoms with Crippen LogP contribution in [0.1, 0.15) is 11.3 Å². The Bertz CT molecular complexity index is 581. The fraction of sp³-hybridized carbons (Fsp3) is 0.438. The quantitative estimate of drug-likeness (QED) is 0.788. The van der Waals surface area contributed by atoms with Gasteiger partial charge >= 0.3 is 0 Å². The van der Waals surface area contributed by atoms with Crippen LogP contribution in [0.25, 0.3) is 10.6 Å². The zero-order chi connectivity index (χ0) is 14.7. The second-order valence-corrected chi connectivity index (χ2v) is 6.48. The van der Waals surface area contributed by atoms with Gasteiger partial charge in [-0.25, -0.2) is 4.98 Å². The average Bonchev–Trinajstić information content (AvgIpc) is 3.10. The molecule has 5 heteroatoms. The largest absolute Gasteiger partial charge is 0.391 e. The lowest BCUT2D eigenvalue weighted by atomic mass is 10.1. The van der Waals surface area contributed by atoms with Crippen molar-refractivity contribution in [2.24, 2.45) is 5.92 Å². The number of aliphatic hydroxyl groups excluding tert-OH is 1. The first-order chi connectivity index (χ1) is 10.2. The highest BCUT2D eigenvalue weighted by Crippen LogP contribution is 2.23. The lowest BCUT2D eigenvalue weighted by Crippen LogP contribution is -2.30. The van der Waals surface area contributed by atoms with Gasteiger partial charge in [-0.05, 0) is 6.92 Å². The number of hydrogen-bond acceptors (Lipinski definition) is 5. The van der Waals surface area contributed by atoms with E-state index in [-0.39, 0.29) is 6.10 Å². The highest BCUT2D eigenvalue weighted by atomic mass is 32.1. The van der Waals surface area contributed by atoms with Gasteiger partial charge in [0, 0.05) is 43.0 Å². The summed E-state index contributed by atoms with van der Waals surface area (Å²) in [5.74, 6) is 0.306. The third-order valence-corrected chi connectivity index (χ3v) is 4.81. The molecule has 0 spiro atoms. The van der Waals surface area contributed by atoms with Crippen molar-refractivity contribution in [1.29, 1.82) is 0 Å². The first-order valence-corrected chi connectivity index (χ1v) is 8.21. The molecule has 1 aliphatic rings. The van der Waals surface area contributed by atoms with Crippen LogP contribution in [0.3, 0.4) is 0 Å². The third-order valence-electron chi connectivity index (χ3n) is 3.87. The van der Waals surface area contributed by atoms with Crippen LogP contribution in [-0.4, -0.2) is 35.8 Å². The van der Waals surface area contributed by atoms with Crippen LogP contribution in [0.4, 0.5) is 0 Å². The van der Waals surface area contributed by atoms with E-state index in [4.69, 9.17) is 0 Å². The molecule has 1 fully saturated rings. The molecule has 0 amide bonds. The van der Waals surface area contributed by atoms with Crippen molar-refractivity contribution in [1.82, 2.24) is 15.6 Å². The summed E-state index contributed by atoms with van der Waals surface area (Å²) in [7, 11) is 0. The molecular formula is C16H21N3OS. The van der Waals surface area contributed by atoms with Gasteiger partial charge in [-0.3, -0.25) is 0 Å². The molecule has 2 heterocycles. The summed E-state index contributed by atoms with van der Waals surface area (Å²) in [5, 5.41) is 19.5. The zero-order valence-electron chi connectivity index (χ0n) is 12.2. The van der Waals surface area contributed by atoms with Gasteiger partial charge in [-0.2, -0.15) is 0 Å². The van der Waals surface area contributed by atoms with Crippen LogP contribution in [0.5, 0.6) is 0 Å². The van der Waals surface area contributed by atoms with Gasteiger partial charge in [0.15, 0.2) is 0 Å². The topological polar surface area (TPSA) is 57.2 Å². The number of aryl methyl sites for hydroxylation is 1. The number of hydrogen-bond donors (Lipinski definition) is 3. The van der Waals surface area contributed by atoms with Crippen LogP contribution >= 0.6 is 11.3 Å². The Hall–Kier alpha value is -1.27. The molecule has 1 saturated heterocycles. The van der Waals surface area contributed by atoms with Gasteiger partial charge in [0.05, 0.1) is 11.8 Å². The van der Waals surface area contributed by atoms with E-state index < -0.39 is 0 Å². The molecule has 4 nitrogen and oxygen atoms in total. The van der Waals surface area contributed by atoms with Crippen molar-refractivity contribution in [3.05, 3.63) is 40.9 Å². The maximum Gasteiger partial charge on any atom is 0.123 e. The Morgan fingerprint density at radius 1 is 1.33 bits per heavy atom. The van der Waals surface area contributed by atoms with Gasteiger partial charge in [-0.15, -0.1) is 11.3 Å². The molecule has 2 atom stereocenters. The molecule has 1 aromatic carbocycles. The Morgan fingerprint density at radius 3 is 2.86 bits per heavy atom. The summed E-state index contributed by atoms with van der Waals surface area (Å²) in [6.07, 6.45) is -0.226. The highest BCUT2D eigenvalue weighted by Gasteiger charge is 2.24. The van der Waals surface area contributed by atoms with Gasteiger partial charge in [0.25, 0.3) is 0 Å². The van der Waals surface area contributed by atoms with Gasteiger partial charge < -0.3 is 15.7 Å². The van der Waals surface area contributed by atoms with Crippen LogP contribution in [0.2, 0.25) is 0 Å². The third kappa shape index (κ3) is 3.68. The molecule has 1 aromatic heterocycles. The molecule has 3 rings (SSSR count). The van der Waals surface area contributed by atoms with E-state index in [0.717, 1.165) is 30.3 Å². The van der Waals surface area contributed by atoms with Crippen LogP contribution in [0.15, 0.2) is 29.6 Å². The van der Waals surface area contributed by atoms with Crippen LogP contribution in [0, 0.1) is 12.8 Å². The van der Waals surface area contributed by atoms with Crippen molar-refractivity contribution in [2.45, 2.75) is 19.6 Å². The molecule has 3 N–H and O–H groups in total. The Balaban J connectivity index is 1.54. The summed E-state index contributed by atoms with van der Waals surface area (Å²) in [6, 6.07) is 8.46. The molecule has 2 aromatic rings. The summed E-state index contributed by atoms with van der Waals surface area (Å²) in [5.41, 5.74) is 3.50. The number of nitrogens with zero attached hydrogens (tertiary/aromatic N) is 1. The summed E-state index contributed by atoms with van der Waals surface area (Å²) < 4.78 is 0. The van der Waals surface area contributed by atoms with Gasteiger partial charge in [0.2, 0.25) is 0 Å². The van der Waals surface area contributed by atoms with Gasteiger partial charge in [-0.1, -0.05) is 29.8 Å². The van der Waals surface area contributed by atoms with Crippen molar-refractivity contribution in [2.75, 3.05) is 19.6 Å². The van der Waals surface area contributed by atoms with E-state index in [2.05, 4.69) is 52.2 Å². The number of benzene rings is 1. The van der Waals surface area contributed by atoms with Crippen molar-refractivity contribution in [3.8, 4) is 10.6 Å². The highest BCUT2D eigenvalue weighted by molar-refractivity contribution is 7.13. The number of nitrogens with one attached hydrogen (secondary N) is 2. The van der Waals surface area contributed by atoms with Gasteiger partial charge in [0.1, 0.15) is 5.01 Å². The normalized spacial score (nSPS) is 21.8. The maximum absolute atomic E-state index is 9.75. The minimum absolute atomic E-state index is 0.226. The molecule has 0 saturated carbocycles. The molecule has 2 unspecified atom stereocenters. The molecule has 0 radical (unpaired) electrons. The molecule has 1 aliphatic heterocycles. The van der Waals surface area contributed by atoms with E-state index in [1.54, 1.807) is 11.3 Å². The standard InChI is InChI=1S/C16H21N3OS/c1-11-2-4-12(5-3-11)16-19-14(10-21-16)8-17-6-13-7-18-9-15(13)20/h2-5,10,13,15,17-18,20H,6-9H2,1H3. The van der Waals surface area contributed by atoms with E-state index in [1.165, 1.54) is 11.1 Å². The smallest absolute Gasteiger partial charge is 0.123 e. The van der Waals surface area contributed by atoms with E-state index in [9.17, 15) is 5.11 Å². The first-order valence-electron chi connectivity index (χ1n) is 7.33. The van der Waals surface area contributed by atoms with E-state index in [1.807, 2.05) is 0 Å². The predicted octanol–water partition coefficient (Wildman–Crippen LogP) is 1.79. The fourth-order valence-electron chi connectivity index (χ4n) is 2.53. The Morgan fingerprint density at radius 2 is 2.14 bits per heavy atom. The fourth-order valence-corrected chi connectivity index (χ4v) is 3.36. The van der Waals surface area contributed by atoms with Crippen LogP contribution in [-0.2, 0) is 6.54 Å². The number of aromatic nitrogens is 1. The minimum atomic E-state index is -0.226. The number of rotatable bonds is 5. The summed E-state index contributed by atoms with van der Waals surface area (Å²) >= 11 is 1.68. The second kappa shape index (κ2) is 6.66. The first kappa shape index (κ1) is 14.7. The second-order valence-electron chi connectivity index (χ2n) is 5.63. The minimum Gasteiger partial charge on any atom is -0.391 e. The lowest BCUT2D eigenvalue weighted by molar-refractivity contribution is 0.146. The number of thiazole rings is 1. The maximum atomic E-state index is 9.75. The van der Waals surface area contributed by atoms with Crippen molar-refractivity contribution >= 4 is 11.3 Å². The Labute approximate surface area is 129 Å². The molecule has 0 aliphatic carbocycles. The molecular weight excluding hydrogens is 282 g/mol. The van der Waals surface area contributed by atoms with Crippen LogP contribution < -0.4 is 10.6 Å². The van der Waals surface area contributed by atoms with E-state index >= 15 is 0 Å². The Kier molecular flexibility index (Phi) is 4.65. The zero-order valence-corrected chi connectivity index (χ0v) is 13.0. The summed E-state index contributed by atoms with van der Waals surface area (Å²) in [6.45, 7) is 5.27. The molecule has 0 bridgehead atoms. The number of β-amino-alcohol motifs (C(OH)–C–C–N with tert-alkyl or cyclic N) is 1. The molecule has 21 heavy (non-hydrogen) atoms.